The third kappa shape index (κ3) is 3.49. The third-order valence-corrected chi connectivity index (χ3v) is 5.81. The monoisotopic (exact) mass is 388 g/mol. The number of fused-ring (bicyclic) bond motifs is 1. The Morgan fingerprint density at radius 3 is 2.43 bits per heavy atom. The normalized spacial score (nSPS) is 11.8. The fraction of sp³-hybridized carbons (Fsp3) is 0.130. The largest absolute Gasteiger partial charge is 0.457 e. The molecule has 1 heterocycles. The second-order valence-electron chi connectivity index (χ2n) is 6.68. The zero-order valence-corrected chi connectivity index (χ0v) is 16.8. The maximum Gasteiger partial charge on any atom is 0.283 e. The summed E-state index contributed by atoms with van der Waals surface area (Å²) in [7, 11) is 1.94. The first-order chi connectivity index (χ1) is 13.5. The lowest BCUT2D eigenvalue weighted by molar-refractivity contribution is 0.0995. The Morgan fingerprint density at radius 2 is 1.64 bits per heavy atom. The van der Waals surface area contributed by atoms with E-state index >= 15 is 0 Å². The van der Waals surface area contributed by atoms with E-state index in [-0.39, 0.29) is 5.91 Å². The SMILES string of the molecule is Cc1cc2sc(=NC(=O)c3ccccc3Oc3ccccc3)n(C)c2cc1C. The first-order valence-electron chi connectivity index (χ1n) is 9.00. The van der Waals surface area contributed by atoms with E-state index in [0.29, 0.717) is 21.9 Å². The molecule has 4 nitrogen and oxygen atoms in total. The van der Waals surface area contributed by atoms with Crippen LogP contribution >= 0.6 is 11.3 Å². The highest BCUT2D eigenvalue weighted by atomic mass is 32.1. The van der Waals surface area contributed by atoms with Crippen molar-refractivity contribution in [2.75, 3.05) is 0 Å². The van der Waals surface area contributed by atoms with Gasteiger partial charge < -0.3 is 9.30 Å². The van der Waals surface area contributed by atoms with E-state index < -0.39 is 0 Å². The summed E-state index contributed by atoms with van der Waals surface area (Å²) in [6.45, 7) is 4.18. The number of ether oxygens (including phenoxy) is 1. The predicted octanol–water partition coefficient (Wildman–Crippen LogP) is 5.39. The van der Waals surface area contributed by atoms with Crippen LogP contribution in [0.4, 0.5) is 0 Å². The van der Waals surface area contributed by atoms with Gasteiger partial charge >= 0.3 is 0 Å². The molecule has 0 aliphatic carbocycles. The molecule has 0 saturated carbocycles. The van der Waals surface area contributed by atoms with E-state index in [4.69, 9.17) is 4.74 Å². The Morgan fingerprint density at radius 1 is 0.964 bits per heavy atom. The molecule has 4 aromatic rings. The lowest BCUT2D eigenvalue weighted by atomic mass is 10.1. The number of hydrogen-bond acceptors (Lipinski definition) is 3. The predicted molar refractivity (Wildman–Crippen MR) is 113 cm³/mol. The van der Waals surface area contributed by atoms with Crippen LogP contribution in [0.25, 0.3) is 10.2 Å². The van der Waals surface area contributed by atoms with Crippen molar-refractivity contribution in [3.8, 4) is 11.5 Å². The number of amides is 1. The van der Waals surface area contributed by atoms with Crippen LogP contribution < -0.4 is 9.54 Å². The van der Waals surface area contributed by atoms with Gasteiger partial charge in [-0.25, -0.2) is 0 Å². The molecule has 4 rings (SSSR count). The number of rotatable bonds is 3. The van der Waals surface area contributed by atoms with E-state index in [2.05, 4.69) is 31.0 Å². The maximum absolute atomic E-state index is 12.9. The van der Waals surface area contributed by atoms with Crippen LogP contribution in [0.3, 0.4) is 0 Å². The zero-order valence-electron chi connectivity index (χ0n) is 16.0. The molecule has 0 N–H and O–H groups in total. The minimum absolute atomic E-state index is 0.317. The number of nitrogens with zero attached hydrogens (tertiary/aromatic N) is 2. The van der Waals surface area contributed by atoms with Crippen molar-refractivity contribution < 1.29 is 9.53 Å². The lowest BCUT2D eigenvalue weighted by Gasteiger charge is -2.08. The number of hydrogen-bond donors (Lipinski definition) is 0. The molecule has 1 amide bonds. The van der Waals surface area contributed by atoms with E-state index in [1.54, 1.807) is 12.1 Å². The molecule has 3 aromatic carbocycles. The fourth-order valence-electron chi connectivity index (χ4n) is 2.98. The van der Waals surface area contributed by atoms with Crippen LogP contribution in [-0.2, 0) is 7.05 Å². The Balaban J connectivity index is 1.75. The molecule has 5 heteroatoms. The van der Waals surface area contributed by atoms with Gasteiger partial charge in [0.05, 0.1) is 15.8 Å². The van der Waals surface area contributed by atoms with Gasteiger partial charge in [-0.05, 0) is 61.4 Å². The van der Waals surface area contributed by atoms with Crippen LogP contribution in [0.15, 0.2) is 71.7 Å². The molecule has 0 aliphatic rings. The lowest BCUT2D eigenvalue weighted by Crippen LogP contribution is -2.13. The standard InChI is InChI=1S/C23H20N2O2S/c1-15-13-19-21(14-16(15)2)28-23(25(19)3)24-22(26)18-11-7-8-12-20(18)27-17-9-5-4-6-10-17/h4-14H,1-3H3. The van der Waals surface area contributed by atoms with Crippen molar-refractivity contribution in [2.45, 2.75) is 13.8 Å². The van der Waals surface area contributed by atoms with Gasteiger partial charge in [0.15, 0.2) is 4.80 Å². The summed E-state index contributed by atoms with van der Waals surface area (Å²) in [5.41, 5.74) is 3.97. The smallest absolute Gasteiger partial charge is 0.283 e. The molecule has 0 spiro atoms. The van der Waals surface area contributed by atoms with Crippen LogP contribution in [-0.4, -0.2) is 10.5 Å². The summed E-state index contributed by atoms with van der Waals surface area (Å²) in [6, 6.07) is 20.9. The molecule has 28 heavy (non-hydrogen) atoms. The van der Waals surface area contributed by atoms with Gasteiger partial charge in [0, 0.05) is 7.05 Å². The Bertz CT molecular complexity index is 1240. The number of aryl methyl sites for hydroxylation is 3. The van der Waals surface area contributed by atoms with E-state index in [9.17, 15) is 4.79 Å². The molecule has 0 atom stereocenters. The first-order valence-corrected chi connectivity index (χ1v) is 9.82. The fourth-order valence-corrected chi connectivity index (χ4v) is 4.08. The average Bonchev–Trinajstić information content (AvgIpc) is 2.98. The molecule has 0 saturated heterocycles. The molecule has 0 bridgehead atoms. The Kier molecular flexibility index (Phi) is 4.84. The van der Waals surface area contributed by atoms with Crippen molar-refractivity contribution in [1.29, 1.82) is 0 Å². The second-order valence-corrected chi connectivity index (χ2v) is 7.69. The Hall–Kier alpha value is -3.18. The summed E-state index contributed by atoms with van der Waals surface area (Å²) in [4.78, 5) is 18.0. The average molecular weight is 388 g/mol. The quantitative estimate of drug-likeness (QED) is 0.472. The van der Waals surface area contributed by atoms with Crippen LogP contribution in [0, 0.1) is 13.8 Å². The minimum atomic E-state index is -0.317. The molecule has 140 valence electrons. The van der Waals surface area contributed by atoms with Gasteiger partial charge in [-0.1, -0.05) is 41.7 Å². The first kappa shape index (κ1) is 18.2. The third-order valence-electron chi connectivity index (χ3n) is 4.71. The van der Waals surface area contributed by atoms with Gasteiger partial charge in [0.2, 0.25) is 0 Å². The zero-order chi connectivity index (χ0) is 19.7. The number of carbonyl (C=O) groups excluding carboxylic acids is 1. The summed E-state index contributed by atoms with van der Waals surface area (Å²) in [5.74, 6) is 0.862. The van der Waals surface area contributed by atoms with E-state index in [0.717, 1.165) is 10.2 Å². The highest BCUT2D eigenvalue weighted by Gasteiger charge is 2.13. The molecule has 0 fully saturated rings. The molecule has 0 radical (unpaired) electrons. The summed E-state index contributed by atoms with van der Waals surface area (Å²) in [5, 5.41) is 0. The highest BCUT2D eigenvalue weighted by Crippen LogP contribution is 2.26. The Labute approximate surface area is 167 Å². The molecule has 0 unspecified atom stereocenters. The van der Waals surface area contributed by atoms with Gasteiger partial charge in [-0.2, -0.15) is 4.99 Å². The number of benzene rings is 3. The molecule has 0 aliphatic heterocycles. The summed E-state index contributed by atoms with van der Waals surface area (Å²) >= 11 is 1.51. The number of para-hydroxylation sites is 2. The maximum atomic E-state index is 12.9. The van der Waals surface area contributed by atoms with Crippen molar-refractivity contribution >= 4 is 27.5 Å². The van der Waals surface area contributed by atoms with Gasteiger partial charge in [0.1, 0.15) is 11.5 Å². The van der Waals surface area contributed by atoms with Gasteiger partial charge in [0.25, 0.3) is 5.91 Å². The topological polar surface area (TPSA) is 43.6 Å². The number of aromatic nitrogens is 1. The summed E-state index contributed by atoms with van der Waals surface area (Å²) in [6.07, 6.45) is 0. The minimum Gasteiger partial charge on any atom is -0.457 e. The highest BCUT2D eigenvalue weighted by molar-refractivity contribution is 7.16. The van der Waals surface area contributed by atoms with Crippen LogP contribution in [0.5, 0.6) is 11.5 Å². The van der Waals surface area contributed by atoms with Crippen molar-refractivity contribution in [3.05, 3.63) is 88.2 Å². The van der Waals surface area contributed by atoms with Crippen molar-refractivity contribution in [3.63, 3.8) is 0 Å². The van der Waals surface area contributed by atoms with E-state index in [1.807, 2.05) is 54.1 Å². The van der Waals surface area contributed by atoms with Gasteiger partial charge in [-0.15, -0.1) is 0 Å². The van der Waals surface area contributed by atoms with Crippen LogP contribution in [0.2, 0.25) is 0 Å². The molecular weight excluding hydrogens is 368 g/mol. The summed E-state index contributed by atoms with van der Waals surface area (Å²) < 4.78 is 8.98. The second kappa shape index (κ2) is 7.44. The molecule has 1 aromatic heterocycles. The number of thiazole rings is 1. The van der Waals surface area contributed by atoms with Gasteiger partial charge in [-0.3, -0.25) is 4.79 Å². The van der Waals surface area contributed by atoms with Crippen LogP contribution in [0.1, 0.15) is 21.5 Å². The van der Waals surface area contributed by atoms with E-state index in [1.165, 1.54) is 22.5 Å². The van der Waals surface area contributed by atoms with Crippen molar-refractivity contribution in [2.24, 2.45) is 12.0 Å². The number of carbonyl (C=O) groups is 1. The van der Waals surface area contributed by atoms with Crippen molar-refractivity contribution in [1.82, 2.24) is 4.57 Å². The molecular formula is C23H20N2O2S.